The summed E-state index contributed by atoms with van der Waals surface area (Å²) in [5.41, 5.74) is 5.65. The van der Waals surface area contributed by atoms with Crippen LogP contribution in [0.5, 0.6) is 0 Å². The molecular formula is C25H21PS. The predicted octanol–water partition coefficient (Wildman–Crippen LogP) is 8.08. The van der Waals surface area contributed by atoms with Crippen molar-refractivity contribution in [2.24, 2.45) is 5.41 Å². The molecule has 0 spiro atoms. The molecule has 2 heteroatoms. The van der Waals surface area contributed by atoms with Crippen LogP contribution in [0.4, 0.5) is 0 Å². The van der Waals surface area contributed by atoms with Gasteiger partial charge in [-0.1, -0.05) is 66.7 Å². The molecule has 1 aromatic heterocycles. The van der Waals surface area contributed by atoms with Gasteiger partial charge < -0.3 is 0 Å². The van der Waals surface area contributed by atoms with Crippen LogP contribution in [0, 0.1) is 5.41 Å². The third-order valence-corrected chi connectivity index (χ3v) is 9.57. The maximum atomic E-state index is 2.57. The van der Waals surface area contributed by atoms with E-state index in [1.54, 1.807) is 10.6 Å². The molecule has 0 saturated heterocycles. The zero-order valence-electron chi connectivity index (χ0n) is 15.5. The van der Waals surface area contributed by atoms with Crippen molar-refractivity contribution in [3.05, 3.63) is 111 Å². The normalized spacial score (nSPS) is 25.3. The van der Waals surface area contributed by atoms with Gasteiger partial charge in [0.2, 0.25) is 0 Å². The van der Waals surface area contributed by atoms with E-state index in [9.17, 15) is 0 Å². The highest BCUT2D eigenvalue weighted by Crippen LogP contribution is 2.81. The van der Waals surface area contributed by atoms with Crippen LogP contribution in [0.15, 0.2) is 94.9 Å². The number of hydrogen-bond donors (Lipinski definition) is 0. The maximum Gasteiger partial charge on any atom is 0.0407 e. The van der Waals surface area contributed by atoms with E-state index in [0.29, 0.717) is 0 Å². The minimum absolute atomic E-state index is 0.0117. The third-order valence-electron chi connectivity index (χ3n) is 5.86. The summed E-state index contributed by atoms with van der Waals surface area (Å²) in [6.07, 6.45) is 2.45. The quantitative estimate of drug-likeness (QED) is 0.400. The molecule has 0 nitrogen and oxygen atoms in total. The van der Waals surface area contributed by atoms with Crippen molar-refractivity contribution < 1.29 is 0 Å². The second kappa shape index (κ2) is 6.44. The topological polar surface area (TPSA) is 0 Å². The zero-order valence-corrected chi connectivity index (χ0v) is 17.2. The molecule has 0 amide bonds. The Hall–Kier alpha value is -2.21. The highest BCUT2D eigenvalue weighted by Gasteiger charge is 2.52. The standard InChI is InChI=1S/C25H21PS/c1-18-24(22-14-9-15-27-22)26-17-21(20-12-7-4-8-13-20)25(18,2)23(26)16-19-10-5-3-6-11-19/h3-17H,1-2H3/b23-16+. The van der Waals surface area contributed by atoms with Crippen molar-refractivity contribution >= 4 is 36.2 Å². The molecule has 2 aromatic carbocycles. The van der Waals surface area contributed by atoms with E-state index >= 15 is 0 Å². The lowest BCUT2D eigenvalue weighted by molar-refractivity contribution is 0.693. The fraction of sp³-hybridized carbons (Fsp3) is 0.120. The van der Waals surface area contributed by atoms with Gasteiger partial charge in [-0.05, 0) is 72.7 Å². The molecule has 27 heavy (non-hydrogen) atoms. The van der Waals surface area contributed by atoms with Gasteiger partial charge in [-0.25, -0.2) is 0 Å². The molecular weight excluding hydrogens is 363 g/mol. The molecule has 5 rings (SSSR count). The molecule has 0 radical (unpaired) electrons. The number of rotatable bonds is 3. The lowest BCUT2D eigenvalue weighted by Crippen LogP contribution is -2.17. The van der Waals surface area contributed by atoms with E-state index in [2.05, 4.69) is 104 Å². The summed E-state index contributed by atoms with van der Waals surface area (Å²) in [5.74, 6) is 2.57. The van der Waals surface area contributed by atoms with Crippen LogP contribution in [-0.2, 0) is 0 Å². The molecule has 3 heterocycles. The summed E-state index contributed by atoms with van der Waals surface area (Å²) in [6.45, 7) is 4.78. The maximum absolute atomic E-state index is 2.57. The highest BCUT2D eigenvalue weighted by molar-refractivity contribution is 7.77. The Balaban J connectivity index is 1.70. The largest absolute Gasteiger partial charge is 0.144 e. The first-order valence-electron chi connectivity index (χ1n) is 9.29. The monoisotopic (exact) mass is 384 g/mol. The molecule has 2 aliphatic rings. The Kier molecular flexibility index (Phi) is 4.04. The molecule has 132 valence electrons. The molecule has 2 bridgehead atoms. The van der Waals surface area contributed by atoms with Crippen molar-refractivity contribution in [2.45, 2.75) is 13.8 Å². The molecule has 0 N–H and O–H groups in total. The minimum atomic E-state index is -0.432. The average molecular weight is 384 g/mol. The number of hydrogen-bond acceptors (Lipinski definition) is 1. The molecule has 2 atom stereocenters. The fourth-order valence-corrected chi connectivity index (χ4v) is 8.63. The van der Waals surface area contributed by atoms with Gasteiger partial charge in [0.25, 0.3) is 0 Å². The van der Waals surface area contributed by atoms with Crippen molar-refractivity contribution in [3.8, 4) is 0 Å². The number of benzene rings is 2. The van der Waals surface area contributed by atoms with Gasteiger partial charge in [0, 0.05) is 15.6 Å². The average Bonchev–Trinajstić information content (AvgIpc) is 3.37. The molecule has 0 aliphatic carbocycles. The van der Waals surface area contributed by atoms with Crippen LogP contribution in [0.3, 0.4) is 0 Å². The summed E-state index contributed by atoms with van der Waals surface area (Å²) >= 11 is 1.87. The summed E-state index contributed by atoms with van der Waals surface area (Å²) in [5, 5.41) is 5.34. The van der Waals surface area contributed by atoms with E-state index in [1.807, 2.05) is 11.3 Å². The van der Waals surface area contributed by atoms with Gasteiger partial charge in [-0.3, -0.25) is 0 Å². The fourth-order valence-electron chi connectivity index (χ4n) is 4.32. The summed E-state index contributed by atoms with van der Waals surface area (Å²) < 4.78 is 0. The summed E-state index contributed by atoms with van der Waals surface area (Å²) in [6, 6.07) is 26.2. The van der Waals surface area contributed by atoms with Crippen LogP contribution in [0.2, 0.25) is 0 Å². The molecule has 2 aliphatic heterocycles. The van der Waals surface area contributed by atoms with E-state index in [-0.39, 0.29) is 5.41 Å². The predicted molar refractivity (Wildman–Crippen MR) is 121 cm³/mol. The van der Waals surface area contributed by atoms with Gasteiger partial charge in [0.1, 0.15) is 0 Å². The molecule has 2 unspecified atom stereocenters. The Morgan fingerprint density at radius 3 is 2.26 bits per heavy atom. The van der Waals surface area contributed by atoms with Crippen LogP contribution in [-0.4, -0.2) is 0 Å². The lowest BCUT2D eigenvalue weighted by atomic mass is 9.73. The Labute approximate surface area is 166 Å². The lowest BCUT2D eigenvalue weighted by Gasteiger charge is -2.29. The van der Waals surface area contributed by atoms with E-state index in [1.165, 1.54) is 27.2 Å². The van der Waals surface area contributed by atoms with Gasteiger partial charge in [-0.2, -0.15) is 0 Å². The first-order valence-corrected chi connectivity index (χ1v) is 11.6. The van der Waals surface area contributed by atoms with Crippen LogP contribution < -0.4 is 0 Å². The molecule has 0 fully saturated rings. The van der Waals surface area contributed by atoms with Gasteiger partial charge >= 0.3 is 0 Å². The second-order valence-corrected chi connectivity index (χ2v) is 10.2. The number of allylic oxidation sites excluding steroid dienone is 3. The number of fused-ring (bicyclic) bond motifs is 2. The van der Waals surface area contributed by atoms with Crippen molar-refractivity contribution in [1.29, 1.82) is 0 Å². The van der Waals surface area contributed by atoms with Gasteiger partial charge in [0.05, 0.1) is 0 Å². The van der Waals surface area contributed by atoms with Crippen molar-refractivity contribution in [3.63, 3.8) is 0 Å². The van der Waals surface area contributed by atoms with Crippen LogP contribution in [0.25, 0.3) is 17.0 Å². The van der Waals surface area contributed by atoms with Crippen LogP contribution in [0.1, 0.15) is 29.9 Å². The first kappa shape index (κ1) is 16.9. The van der Waals surface area contributed by atoms with E-state index in [0.717, 1.165) is 0 Å². The summed E-state index contributed by atoms with van der Waals surface area (Å²) in [7, 11) is -0.432. The van der Waals surface area contributed by atoms with Gasteiger partial charge in [-0.15, -0.1) is 11.3 Å². The van der Waals surface area contributed by atoms with E-state index in [4.69, 9.17) is 0 Å². The van der Waals surface area contributed by atoms with Gasteiger partial charge in [0.15, 0.2) is 0 Å². The Bertz CT molecular complexity index is 1070. The molecule has 0 saturated carbocycles. The van der Waals surface area contributed by atoms with Crippen molar-refractivity contribution in [1.82, 2.24) is 0 Å². The van der Waals surface area contributed by atoms with Crippen LogP contribution >= 0.6 is 19.3 Å². The number of thiophene rings is 1. The van der Waals surface area contributed by atoms with E-state index < -0.39 is 7.92 Å². The zero-order chi connectivity index (χ0) is 18.4. The minimum Gasteiger partial charge on any atom is -0.144 e. The smallest absolute Gasteiger partial charge is 0.0407 e. The Morgan fingerprint density at radius 1 is 0.889 bits per heavy atom. The Morgan fingerprint density at radius 2 is 1.59 bits per heavy atom. The first-order chi connectivity index (χ1) is 13.2. The SMILES string of the molecule is CC1=C(c2cccs2)P2C=C(c3ccccc3)C1(C)/C2=C\c1ccccc1. The third kappa shape index (κ3) is 2.53. The molecule has 3 aromatic rings. The highest BCUT2D eigenvalue weighted by atomic mass is 32.1. The summed E-state index contributed by atoms with van der Waals surface area (Å²) in [4.78, 5) is 1.43. The second-order valence-electron chi connectivity index (χ2n) is 7.29. The van der Waals surface area contributed by atoms with Crippen molar-refractivity contribution in [2.75, 3.05) is 0 Å².